The summed E-state index contributed by atoms with van der Waals surface area (Å²) in [6.07, 6.45) is 0. The second-order valence-electron chi connectivity index (χ2n) is 4.67. The van der Waals surface area contributed by atoms with Crippen molar-refractivity contribution in [3.8, 4) is 11.5 Å². The number of thiophene rings is 1. The van der Waals surface area contributed by atoms with Crippen LogP contribution < -0.4 is 9.47 Å². The van der Waals surface area contributed by atoms with Gasteiger partial charge in [0.15, 0.2) is 11.5 Å². The number of hydrogen-bond acceptors (Lipinski definition) is 3. The Kier molecular flexibility index (Phi) is 3.42. The Morgan fingerprint density at radius 1 is 1.11 bits per heavy atom. The Labute approximate surface area is 121 Å². The fourth-order valence-electron chi connectivity index (χ4n) is 2.28. The number of rotatable bonds is 2. The van der Waals surface area contributed by atoms with E-state index in [9.17, 15) is 0 Å². The summed E-state index contributed by atoms with van der Waals surface area (Å²) in [6, 6.07) is 8.11. The second kappa shape index (κ2) is 5.06. The molecule has 2 heterocycles. The van der Waals surface area contributed by atoms with Crippen LogP contribution in [0.1, 0.15) is 26.3 Å². The van der Waals surface area contributed by atoms with Crippen LogP contribution in [-0.4, -0.2) is 13.2 Å². The Bertz CT molecular complexity index is 606. The van der Waals surface area contributed by atoms with Crippen LogP contribution in [0.15, 0.2) is 24.3 Å². The highest BCUT2D eigenvalue weighted by Crippen LogP contribution is 2.40. The molecule has 0 spiro atoms. The second-order valence-corrected chi connectivity index (χ2v) is 6.39. The van der Waals surface area contributed by atoms with Gasteiger partial charge < -0.3 is 9.47 Å². The molecular weight excluding hydrogens is 280 g/mol. The van der Waals surface area contributed by atoms with E-state index >= 15 is 0 Å². The highest BCUT2D eigenvalue weighted by Gasteiger charge is 2.19. The molecule has 0 fully saturated rings. The highest BCUT2D eigenvalue weighted by molar-refractivity contribution is 7.12. The molecule has 3 rings (SSSR count). The Morgan fingerprint density at radius 3 is 2.53 bits per heavy atom. The topological polar surface area (TPSA) is 18.5 Å². The molecule has 2 nitrogen and oxygen atoms in total. The highest BCUT2D eigenvalue weighted by atomic mass is 35.5. The van der Waals surface area contributed by atoms with Crippen molar-refractivity contribution in [2.24, 2.45) is 0 Å². The van der Waals surface area contributed by atoms with Gasteiger partial charge in [0, 0.05) is 9.75 Å². The zero-order valence-electron chi connectivity index (χ0n) is 10.9. The summed E-state index contributed by atoms with van der Waals surface area (Å²) in [5, 5.41) is -0.130. The molecule has 0 aliphatic carbocycles. The Hall–Kier alpha value is -1.19. The third-order valence-electron chi connectivity index (χ3n) is 3.17. The van der Waals surface area contributed by atoms with Crippen LogP contribution in [0.25, 0.3) is 0 Å². The average Bonchev–Trinajstić information content (AvgIpc) is 2.76. The minimum absolute atomic E-state index is 0.130. The zero-order chi connectivity index (χ0) is 13.4. The molecule has 0 amide bonds. The predicted molar refractivity (Wildman–Crippen MR) is 78.9 cm³/mol. The number of aryl methyl sites for hydroxylation is 2. The normalized spacial score (nSPS) is 15.3. The molecule has 1 aliphatic rings. The Morgan fingerprint density at radius 2 is 1.84 bits per heavy atom. The first-order valence-electron chi connectivity index (χ1n) is 6.25. The maximum Gasteiger partial charge on any atom is 0.161 e. The number of halogens is 1. The van der Waals surface area contributed by atoms with Gasteiger partial charge in [-0.2, -0.15) is 0 Å². The van der Waals surface area contributed by atoms with Gasteiger partial charge >= 0.3 is 0 Å². The van der Waals surface area contributed by atoms with E-state index in [1.54, 1.807) is 11.3 Å². The molecule has 1 aromatic carbocycles. The number of hydrogen-bond donors (Lipinski definition) is 0. The minimum atomic E-state index is -0.130. The van der Waals surface area contributed by atoms with Crippen molar-refractivity contribution >= 4 is 22.9 Å². The van der Waals surface area contributed by atoms with Crippen LogP contribution in [0.3, 0.4) is 0 Å². The summed E-state index contributed by atoms with van der Waals surface area (Å²) >= 11 is 8.36. The maximum atomic E-state index is 6.61. The van der Waals surface area contributed by atoms with Gasteiger partial charge in [0.25, 0.3) is 0 Å². The molecular formula is C15H15ClO2S. The fraction of sp³-hybridized carbons (Fsp3) is 0.333. The van der Waals surface area contributed by atoms with Crippen LogP contribution in [0.5, 0.6) is 11.5 Å². The molecule has 0 N–H and O–H groups in total. The molecule has 1 unspecified atom stereocenters. The SMILES string of the molecule is Cc1cc(C)c(C(Cl)c2ccc3c(c2)OCCO3)s1. The predicted octanol–water partition coefficient (Wildman–Crippen LogP) is 4.46. The third-order valence-corrected chi connectivity index (χ3v) is 4.99. The van der Waals surface area contributed by atoms with Crippen molar-refractivity contribution in [2.45, 2.75) is 19.2 Å². The molecule has 0 bridgehead atoms. The lowest BCUT2D eigenvalue weighted by Gasteiger charge is -2.20. The monoisotopic (exact) mass is 294 g/mol. The van der Waals surface area contributed by atoms with E-state index in [2.05, 4.69) is 19.9 Å². The van der Waals surface area contributed by atoms with E-state index in [-0.39, 0.29) is 5.38 Å². The van der Waals surface area contributed by atoms with Crippen LogP contribution in [0, 0.1) is 13.8 Å². The van der Waals surface area contributed by atoms with Gasteiger partial charge in [-0.3, -0.25) is 0 Å². The van der Waals surface area contributed by atoms with Crippen molar-refractivity contribution in [1.29, 1.82) is 0 Å². The maximum absolute atomic E-state index is 6.61. The lowest BCUT2D eigenvalue weighted by atomic mass is 10.1. The molecule has 0 radical (unpaired) electrons. The molecule has 1 atom stereocenters. The van der Waals surface area contributed by atoms with Crippen molar-refractivity contribution in [3.63, 3.8) is 0 Å². The van der Waals surface area contributed by atoms with E-state index in [1.807, 2.05) is 18.2 Å². The number of alkyl halides is 1. The van der Waals surface area contributed by atoms with Crippen molar-refractivity contribution in [2.75, 3.05) is 13.2 Å². The van der Waals surface area contributed by atoms with E-state index in [1.165, 1.54) is 15.3 Å². The van der Waals surface area contributed by atoms with Gasteiger partial charge in [-0.15, -0.1) is 22.9 Å². The molecule has 4 heteroatoms. The van der Waals surface area contributed by atoms with Gasteiger partial charge in [-0.1, -0.05) is 6.07 Å². The zero-order valence-corrected chi connectivity index (χ0v) is 12.5. The minimum Gasteiger partial charge on any atom is -0.486 e. The third kappa shape index (κ3) is 2.45. The Balaban J connectivity index is 1.95. The van der Waals surface area contributed by atoms with E-state index < -0.39 is 0 Å². The molecule has 0 saturated carbocycles. The van der Waals surface area contributed by atoms with Gasteiger partial charge in [-0.25, -0.2) is 0 Å². The molecule has 1 aromatic heterocycles. The summed E-state index contributed by atoms with van der Waals surface area (Å²) in [5.74, 6) is 1.60. The lowest BCUT2D eigenvalue weighted by Crippen LogP contribution is -2.15. The first-order valence-corrected chi connectivity index (χ1v) is 7.51. The molecule has 1 aliphatic heterocycles. The quantitative estimate of drug-likeness (QED) is 0.761. The summed E-state index contributed by atoms with van der Waals surface area (Å²) in [4.78, 5) is 2.49. The summed E-state index contributed by atoms with van der Waals surface area (Å²) < 4.78 is 11.1. The van der Waals surface area contributed by atoms with Gasteiger partial charge in [0.2, 0.25) is 0 Å². The molecule has 2 aromatic rings. The molecule has 100 valence electrons. The van der Waals surface area contributed by atoms with Crippen molar-refractivity contribution in [1.82, 2.24) is 0 Å². The van der Waals surface area contributed by atoms with Gasteiger partial charge in [0.05, 0.1) is 5.38 Å². The standard InChI is InChI=1S/C15H15ClO2S/c1-9-7-10(2)19-15(9)14(16)11-3-4-12-13(8-11)18-6-5-17-12/h3-4,7-8,14H,5-6H2,1-2H3. The van der Waals surface area contributed by atoms with E-state index in [0.29, 0.717) is 13.2 Å². The van der Waals surface area contributed by atoms with Crippen molar-refractivity contribution in [3.05, 3.63) is 45.1 Å². The lowest BCUT2D eigenvalue weighted by molar-refractivity contribution is 0.171. The number of ether oxygens (including phenoxy) is 2. The number of benzene rings is 1. The average molecular weight is 295 g/mol. The number of fused-ring (bicyclic) bond motifs is 1. The van der Waals surface area contributed by atoms with Gasteiger partial charge in [0.1, 0.15) is 13.2 Å². The molecule has 0 saturated heterocycles. The first-order chi connectivity index (χ1) is 9.15. The van der Waals surface area contributed by atoms with Crippen molar-refractivity contribution < 1.29 is 9.47 Å². The summed E-state index contributed by atoms with van der Waals surface area (Å²) in [5.41, 5.74) is 2.30. The first kappa shape index (κ1) is 12.8. The van der Waals surface area contributed by atoms with Crippen LogP contribution in [0.2, 0.25) is 0 Å². The molecule has 19 heavy (non-hydrogen) atoms. The van der Waals surface area contributed by atoms with Crippen LogP contribution in [-0.2, 0) is 0 Å². The summed E-state index contributed by atoms with van der Waals surface area (Å²) in [7, 11) is 0. The largest absolute Gasteiger partial charge is 0.486 e. The van der Waals surface area contributed by atoms with E-state index in [4.69, 9.17) is 21.1 Å². The summed E-state index contributed by atoms with van der Waals surface area (Å²) in [6.45, 7) is 5.42. The van der Waals surface area contributed by atoms with Crippen LogP contribution >= 0.6 is 22.9 Å². The van der Waals surface area contributed by atoms with Crippen LogP contribution in [0.4, 0.5) is 0 Å². The smallest absolute Gasteiger partial charge is 0.161 e. The van der Waals surface area contributed by atoms with E-state index in [0.717, 1.165) is 17.1 Å². The fourth-order valence-corrected chi connectivity index (χ4v) is 3.76. The van der Waals surface area contributed by atoms with Gasteiger partial charge in [-0.05, 0) is 43.2 Å².